The standard InChI is InChI=1S/C12H17N3O3/c1-3-4-16-7-10(13)11-14-12(18-15-11)9-5-8(2)17-6-9/h5-6,10H,3-4,7,13H2,1-2H3. The number of hydrogen-bond donors (Lipinski definition) is 1. The zero-order valence-corrected chi connectivity index (χ0v) is 10.5. The van der Waals surface area contributed by atoms with Crippen LogP contribution in [0.3, 0.4) is 0 Å². The lowest BCUT2D eigenvalue weighted by atomic mass is 10.3. The van der Waals surface area contributed by atoms with Crippen LogP contribution in [0.2, 0.25) is 0 Å². The lowest BCUT2D eigenvalue weighted by Gasteiger charge is -2.06. The minimum atomic E-state index is -0.373. The van der Waals surface area contributed by atoms with Gasteiger partial charge in [0.1, 0.15) is 12.0 Å². The topological polar surface area (TPSA) is 87.3 Å². The van der Waals surface area contributed by atoms with E-state index < -0.39 is 0 Å². The monoisotopic (exact) mass is 251 g/mol. The van der Waals surface area contributed by atoms with Crippen molar-refractivity contribution >= 4 is 0 Å². The first-order chi connectivity index (χ1) is 8.70. The van der Waals surface area contributed by atoms with E-state index in [2.05, 4.69) is 10.1 Å². The van der Waals surface area contributed by atoms with Crippen LogP contribution in [0.15, 0.2) is 21.3 Å². The van der Waals surface area contributed by atoms with Gasteiger partial charge in [-0.1, -0.05) is 12.1 Å². The molecule has 0 aliphatic carbocycles. The summed E-state index contributed by atoms with van der Waals surface area (Å²) in [6.45, 7) is 4.96. The Hall–Kier alpha value is -1.66. The Kier molecular flexibility index (Phi) is 4.11. The lowest BCUT2D eigenvalue weighted by molar-refractivity contribution is 0.119. The molecule has 6 heteroatoms. The van der Waals surface area contributed by atoms with E-state index in [9.17, 15) is 0 Å². The van der Waals surface area contributed by atoms with Crippen LogP contribution in [-0.2, 0) is 4.74 Å². The molecule has 2 rings (SSSR count). The van der Waals surface area contributed by atoms with Gasteiger partial charge < -0.3 is 19.4 Å². The quantitative estimate of drug-likeness (QED) is 0.791. The highest BCUT2D eigenvalue weighted by molar-refractivity contribution is 5.51. The van der Waals surface area contributed by atoms with Crippen molar-refractivity contribution in [3.8, 4) is 11.5 Å². The van der Waals surface area contributed by atoms with Crippen LogP contribution in [0.5, 0.6) is 0 Å². The van der Waals surface area contributed by atoms with Crippen LogP contribution in [0.4, 0.5) is 0 Å². The highest BCUT2D eigenvalue weighted by Crippen LogP contribution is 2.21. The summed E-state index contributed by atoms with van der Waals surface area (Å²) >= 11 is 0. The Balaban J connectivity index is 2.01. The zero-order chi connectivity index (χ0) is 13.0. The van der Waals surface area contributed by atoms with Gasteiger partial charge in [-0.05, 0) is 19.4 Å². The molecule has 2 N–H and O–H groups in total. The van der Waals surface area contributed by atoms with Gasteiger partial charge in [0, 0.05) is 6.61 Å². The minimum absolute atomic E-state index is 0.373. The van der Waals surface area contributed by atoms with Gasteiger partial charge >= 0.3 is 0 Å². The average Bonchev–Trinajstić information content (AvgIpc) is 2.97. The second-order valence-corrected chi connectivity index (χ2v) is 4.09. The maximum absolute atomic E-state index is 5.90. The van der Waals surface area contributed by atoms with Gasteiger partial charge in [-0.2, -0.15) is 4.98 Å². The van der Waals surface area contributed by atoms with Gasteiger partial charge in [-0.15, -0.1) is 0 Å². The molecule has 0 saturated carbocycles. The van der Waals surface area contributed by atoms with Gasteiger partial charge in [-0.25, -0.2) is 0 Å². The molecule has 2 aromatic rings. The predicted molar refractivity (Wildman–Crippen MR) is 64.8 cm³/mol. The Bertz CT molecular complexity index is 492. The molecule has 0 aliphatic rings. The van der Waals surface area contributed by atoms with Crippen molar-refractivity contribution in [3.63, 3.8) is 0 Å². The third kappa shape index (κ3) is 2.96. The maximum Gasteiger partial charge on any atom is 0.261 e. The van der Waals surface area contributed by atoms with E-state index in [4.69, 9.17) is 19.4 Å². The Morgan fingerprint density at radius 1 is 1.50 bits per heavy atom. The molecule has 0 aromatic carbocycles. The molecule has 0 spiro atoms. The molecule has 0 aliphatic heterocycles. The first kappa shape index (κ1) is 12.8. The van der Waals surface area contributed by atoms with Crippen molar-refractivity contribution in [2.75, 3.05) is 13.2 Å². The van der Waals surface area contributed by atoms with Crippen molar-refractivity contribution in [1.29, 1.82) is 0 Å². The summed E-state index contributed by atoms with van der Waals surface area (Å²) in [6, 6.07) is 1.46. The van der Waals surface area contributed by atoms with Gasteiger partial charge in [0.25, 0.3) is 5.89 Å². The molecule has 18 heavy (non-hydrogen) atoms. The van der Waals surface area contributed by atoms with Crippen LogP contribution < -0.4 is 5.73 Å². The van der Waals surface area contributed by atoms with Crippen molar-refractivity contribution in [3.05, 3.63) is 23.9 Å². The van der Waals surface area contributed by atoms with Crippen molar-refractivity contribution in [2.24, 2.45) is 5.73 Å². The van der Waals surface area contributed by atoms with E-state index >= 15 is 0 Å². The van der Waals surface area contributed by atoms with Crippen molar-refractivity contribution in [1.82, 2.24) is 10.1 Å². The molecular weight excluding hydrogens is 234 g/mol. The minimum Gasteiger partial charge on any atom is -0.469 e. The fourth-order valence-electron chi connectivity index (χ4n) is 1.49. The largest absolute Gasteiger partial charge is 0.469 e. The van der Waals surface area contributed by atoms with Crippen molar-refractivity contribution in [2.45, 2.75) is 26.3 Å². The van der Waals surface area contributed by atoms with Crippen LogP contribution in [-0.4, -0.2) is 23.4 Å². The molecule has 1 atom stereocenters. The lowest BCUT2D eigenvalue weighted by Crippen LogP contribution is -2.18. The summed E-state index contributed by atoms with van der Waals surface area (Å²) in [5.41, 5.74) is 6.66. The molecule has 0 radical (unpaired) electrons. The molecule has 2 heterocycles. The summed E-state index contributed by atoms with van der Waals surface area (Å²) in [6.07, 6.45) is 2.53. The third-order valence-electron chi connectivity index (χ3n) is 2.40. The number of ether oxygens (including phenoxy) is 1. The van der Waals surface area contributed by atoms with Gasteiger partial charge in [-0.3, -0.25) is 0 Å². The van der Waals surface area contributed by atoms with E-state index in [0.29, 0.717) is 24.9 Å². The SMILES string of the molecule is CCCOCC(N)c1noc(-c2coc(C)c2)n1. The summed E-state index contributed by atoms with van der Waals surface area (Å²) < 4.78 is 15.7. The zero-order valence-electron chi connectivity index (χ0n) is 10.5. The van der Waals surface area contributed by atoms with Crippen LogP contribution in [0.25, 0.3) is 11.5 Å². The maximum atomic E-state index is 5.90. The van der Waals surface area contributed by atoms with E-state index in [1.54, 1.807) is 6.26 Å². The molecule has 98 valence electrons. The second-order valence-electron chi connectivity index (χ2n) is 4.09. The number of rotatable bonds is 6. The summed E-state index contributed by atoms with van der Waals surface area (Å²) in [7, 11) is 0. The Labute approximate surface area is 105 Å². The van der Waals surface area contributed by atoms with Gasteiger partial charge in [0.2, 0.25) is 0 Å². The van der Waals surface area contributed by atoms with Crippen LogP contribution in [0.1, 0.15) is 31.0 Å². The van der Waals surface area contributed by atoms with E-state index in [1.807, 2.05) is 19.9 Å². The molecular formula is C12H17N3O3. The fourth-order valence-corrected chi connectivity index (χ4v) is 1.49. The van der Waals surface area contributed by atoms with Crippen molar-refractivity contribution < 1.29 is 13.7 Å². The average molecular weight is 251 g/mol. The number of aryl methyl sites for hydroxylation is 1. The van der Waals surface area contributed by atoms with Crippen LogP contribution >= 0.6 is 0 Å². The summed E-state index contributed by atoms with van der Waals surface area (Å²) in [5.74, 6) is 1.65. The number of hydrogen-bond acceptors (Lipinski definition) is 6. The molecule has 1 unspecified atom stereocenters. The van der Waals surface area contributed by atoms with E-state index in [0.717, 1.165) is 17.7 Å². The third-order valence-corrected chi connectivity index (χ3v) is 2.40. The van der Waals surface area contributed by atoms with Crippen LogP contribution in [0, 0.1) is 6.92 Å². The number of furan rings is 1. The first-order valence-electron chi connectivity index (χ1n) is 5.93. The molecule has 0 bridgehead atoms. The number of aromatic nitrogens is 2. The fraction of sp³-hybridized carbons (Fsp3) is 0.500. The van der Waals surface area contributed by atoms with Gasteiger partial charge in [0.15, 0.2) is 5.82 Å². The molecule has 2 aromatic heterocycles. The molecule has 0 saturated heterocycles. The summed E-state index contributed by atoms with van der Waals surface area (Å²) in [4.78, 5) is 4.23. The number of nitrogens with zero attached hydrogens (tertiary/aromatic N) is 2. The smallest absolute Gasteiger partial charge is 0.261 e. The highest BCUT2D eigenvalue weighted by Gasteiger charge is 2.16. The summed E-state index contributed by atoms with van der Waals surface area (Å²) in [5, 5.41) is 3.85. The van der Waals surface area contributed by atoms with E-state index in [1.165, 1.54) is 0 Å². The normalized spacial score (nSPS) is 12.8. The predicted octanol–water partition coefficient (Wildman–Crippen LogP) is 2.06. The first-order valence-corrected chi connectivity index (χ1v) is 5.93. The second kappa shape index (κ2) is 5.79. The number of nitrogens with two attached hydrogens (primary N) is 1. The molecule has 0 fully saturated rings. The Morgan fingerprint density at radius 2 is 2.33 bits per heavy atom. The highest BCUT2D eigenvalue weighted by atomic mass is 16.5. The molecule has 0 amide bonds. The Morgan fingerprint density at radius 3 is 3.00 bits per heavy atom. The van der Waals surface area contributed by atoms with Gasteiger partial charge in [0.05, 0.1) is 18.2 Å². The molecule has 6 nitrogen and oxygen atoms in total. The van der Waals surface area contributed by atoms with E-state index in [-0.39, 0.29) is 6.04 Å².